The largest absolute Gasteiger partial charge is 0.322 e. The van der Waals surface area contributed by atoms with Gasteiger partial charge in [-0.05, 0) is 36.8 Å². The lowest BCUT2D eigenvalue weighted by molar-refractivity contribution is -0.116. The molecule has 2 aromatic heterocycles. The molecular weight excluding hydrogens is 364 g/mol. The van der Waals surface area contributed by atoms with Gasteiger partial charge < -0.3 is 10.3 Å². The van der Waals surface area contributed by atoms with Crippen LogP contribution in [0.2, 0.25) is 0 Å². The van der Waals surface area contributed by atoms with Gasteiger partial charge in [0.15, 0.2) is 11.6 Å². The molecule has 0 saturated heterocycles. The van der Waals surface area contributed by atoms with E-state index in [0.717, 1.165) is 28.7 Å². The van der Waals surface area contributed by atoms with Crippen molar-refractivity contribution in [2.45, 2.75) is 19.3 Å². The number of nitrogens with one attached hydrogen (secondary N) is 2. The van der Waals surface area contributed by atoms with Crippen LogP contribution in [0, 0.1) is 18.6 Å². The standard InChI is InChI=1S/C20H15F2N5O/c1-10-18-12(11-6-7-13(21)14(22)8-11)9-17(28)25-19(18)27(26-10)20-23-15-4-2-3-5-16(15)24-20/h2-8,12H,9H2,1H3,(H,23,24)(H,25,28)/t12-/m1/s1. The summed E-state index contributed by atoms with van der Waals surface area (Å²) >= 11 is 0. The SMILES string of the molecule is Cc1nn(-c2nc3ccccc3[nH]2)c2c1[C@@H](c1ccc(F)c(F)c1)CC(=O)N2. The number of anilines is 1. The van der Waals surface area contributed by atoms with Gasteiger partial charge in [0.25, 0.3) is 0 Å². The van der Waals surface area contributed by atoms with Gasteiger partial charge in [-0.2, -0.15) is 9.78 Å². The number of amides is 1. The second-order valence-corrected chi connectivity index (χ2v) is 6.82. The molecule has 0 aliphatic carbocycles. The Labute approximate surface area is 158 Å². The quantitative estimate of drug-likeness (QED) is 0.556. The highest BCUT2D eigenvalue weighted by Crippen LogP contribution is 2.40. The molecule has 6 nitrogen and oxygen atoms in total. The highest BCUT2D eigenvalue weighted by molar-refractivity contribution is 5.95. The lowest BCUT2D eigenvalue weighted by atomic mass is 9.86. The number of aryl methyl sites for hydroxylation is 1. The molecule has 140 valence electrons. The number of hydrogen-bond donors (Lipinski definition) is 2. The molecule has 8 heteroatoms. The summed E-state index contributed by atoms with van der Waals surface area (Å²) in [6, 6.07) is 11.3. The third-order valence-electron chi connectivity index (χ3n) is 5.03. The zero-order valence-electron chi connectivity index (χ0n) is 14.8. The van der Waals surface area contributed by atoms with Crippen LogP contribution in [0.15, 0.2) is 42.5 Å². The van der Waals surface area contributed by atoms with Crippen molar-refractivity contribution >= 4 is 22.8 Å². The fraction of sp³-hybridized carbons (Fsp3) is 0.150. The number of carbonyl (C=O) groups excluding carboxylic acids is 1. The molecule has 0 spiro atoms. The lowest BCUT2D eigenvalue weighted by Crippen LogP contribution is -2.25. The molecule has 0 bridgehead atoms. The minimum Gasteiger partial charge on any atom is -0.322 e. The van der Waals surface area contributed by atoms with E-state index in [2.05, 4.69) is 20.4 Å². The number of aromatic amines is 1. The monoisotopic (exact) mass is 379 g/mol. The number of fused-ring (bicyclic) bond motifs is 2. The number of nitrogens with zero attached hydrogens (tertiary/aromatic N) is 3. The van der Waals surface area contributed by atoms with Gasteiger partial charge in [-0.15, -0.1) is 0 Å². The number of aromatic nitrogens is 4. The van der Waals surface area contributed by atoms with Crippen LogP contribution >= 0.6 is 0 Å². The van der Waals surface area contributed by atoms with Gasteiger partial charge in [0.1, 0.15) is 5.82 Å². The first kappa shape index (κ1) is 16.6. The highest BCUT2D eigenvalue weighted by atomic mass is 19.2. The topological polar surface area (TPSA) is 75.6 Å². The third-order valence-corrected chi connectivity index (χ3v) is 5.03. The summed E-state index contributed by atoms with van der Waals surface area (Å²) in [6.45, 7) is 1.82. The Balaban J connectivity index is 1.68. The van der Waals surface area contributed by atoms with Gasteiger partial charge in [-0.1, -0.05) is 18.2 Å². The fourth-order valence-electron chi connectivity index (χ4n) is 3.75. The van der Waals surface area contributed by atoms with E-state index in [1.54, 1.807) is 4.68 Å². The molecule has 1 amide bonds. The smallest absolute Gasteiger partial charge is 0.231 e. The third kappa shape index (κ3) is 2.49. The minimum absolute atomic E-state index is 0.130. The zero-order valence-corrected chi connectivity index (χ0v) is 14.8. The van der Waals surface area contributed by atoms with Gasteiger partial charge in [0, 0.05) is 17.9 Å². The maximum atomic E-state index is 13.8. The highest BCUT2D eigenvalue weighted by Gasteiger charge is 2.33. The van der Waals surface area contributed by atoms with Gasteiger partial charge in [0.2, 0.25) is 11.9 Å². The maximum Gasteiger partial charge on any atom is 0.231 e. The average Bonchev–Trinajstić information content (AvgIpc) is 3.24. The van der Waals surface area contributed by atoms with E-state index in [0.29, 0.717) is 23.0 Å². The van der Waals surface area contributed by atoms with Crippen LogP contribution in [-0.2, 0) is 4.79 Å². The van der Waals surface area contributed by atoms with E-state index in [1.165, 1.54) is 6.07 Å². The summed E-state index contributed by atoms with van der Waals surface area (Å²) in [5.41, 5.74) is 3.61. The molecule has 1 aliphatic rings. The van der Waals surface area contributed by atoms with Crippen molar-refractivity contribution in [3.63, 3.8) is 0 Å². The summed E-state index contributed by atoms with van der Waals surface area (Å²) in [5, 5.41) is 7.40. The first-order chi connectivity index (χ1) is 13.5. The molecule has 4 aromatic rings. The summed E-state index contributed by atoms with van der Waals surface area (Å²) in [7, 11) is 0. The van der Waals surface area contributed by atoms with Crippen LogP contribution in [-0.4, -0.2) is 25.7 Å². The Morgan fingerprint density at radius 3 is 2.75 bits per heavy atom. The first-order valence-corrected chi connectivity index (χ1v) is 8.80. The number of hydrogen-bond acceptors (Lipinski definition) is 3. The second kappa shape index (κ2) is 5.98. The van der Waals surface area contributed by atoms with Gasteiger partial charge in [-0.3, -0.25) is 4.79 Å². The molecule has 0 unspecified atom stereocenters. The molecule has 0 radical (unpaired) electrons. The van der Waals surface area contributed by atoms with E-state index >= 15 is 0 Å². The van der Waals surface area contributed by atoms with Crippen LogP contribution in [0.4, 0.5) is 14.6 Å². The molecule has 5 rings (SSSR count). The number of rotatable bonds is 2. The molecular formula is C20H15F2N5O. The van der Waals surface area contributed by atoms with Gasteiger partial charge in [0.05, 0.1) is 16.7 Å². The predicted octanol–water partition coefficient (Wildman–Crippen LogP) is 3.81. The second-order valence-electron chi connectivity index (χ2n) is 6.82. The van der Waals surface area contributed by atoms with Crippen molar-refractivity contribution in [3.05, 3.63) is 70.9 Å². The summed E-state index contributed by atoms with van der Waals surface area (Å²) < 4.78 is 28.7. The maximum absolute atomic E-state index is 13.8. The average molecular weight is 379 g/mol. The van der Waals surface area contributed by atoms with Crippen molar-refractivity contribution in [1.82, 2.24) is 19.7 Å². The van der Waals surface area contributed by atoms with Crippen molar-refractivity contribution < 1.29 is 13.6 Å². The minimum atomic E-state index is -0.938. The van der Waals surface area contributed by atoms with E-state index in [4.69, 9.17) is 0 Å². The fourth-order valence-corrected chi connectivity index (χ4v) is 3.75. The molecule has 3 heterocycles. The first-order valence-electron chi connectivity index (χ1n) is 8.80. The summed E-state index contributed by atoms with van der Waals surface area (Å²) in [6.07, 6.45) is 0.130. The number of H-pyrrole nitrogens is 1. The Hall–Kier alpha value is -3.55. The van der Waals surface area contributed by atoms with Crippen LogP contribution < -0.4 is 5.32 Å². The van der Waals surface area contributed by atoms with Gasteiger partial charge >= 0.3 is 0 Å². The van der Waals surface area contributed by atoms with Crippen molar-refractivity contribution in [3.8, 4) is 5.95 Å². The number of para-hydroxylation sites is 2. The number of imidazole rings is 1. The van der Waals surface area contributed by atoms with E-state index in [9.17, 15) is 13.6 Å². The Kier molecular flexibility index (Phi) is 3.55. The normalized spacial score (nSPS) is 16.2. The molecule has 0 saturated carbocycles. The Morgan fingerprint density at radius 1 is 1.14 bits per heavy atom. The van der Waals surface area contributed by atoms with Crippen molar-refractivity contribution in [2.24, 2.45) is 0 Å². The Bertz CT molecular complexity index is 1210. The molecule has 0 fully saturated rings. The predicted molar refractivity (Wildman–Crippen MR) is 99.4 cm³/mol. The number of carbonyl (C=O) groups is 1. The summed E-state index contributed by atoms with van der Waals surface area (Å²) in [5.74, 6) is -1.54. The van der Waals surface area contributed by atoms with E-state index in [1.807, 2.05) is 31.2 Å². The van der Waals surface area contributed by atoms with Crippen LogP contribution in [0.5, 0.6) is 0 Å². The van der Waals surface area contributed by atoms with Gasteiger partial charge in [-0.25, -0.2) is 13.8 Å². The molecule has 1 atom stereocenters. The Morgan fingerprint density at radius 2 is 1.96 bits per heavy atom. The zero-order chi connectivity index (χ0) is 19.4. The molecule has 1 aliphatic heterocycles. The van der Waals surface area contributed by atoms with E-state index in [-0.39, 0.29) is 12.3 Å². The van der Waals surface area contributed by atoms with Crippen LogP contribution in [0.25, 0.3) is 17.0 Å². The van der Waals surface area contributed by atoms with Crippen molar-refractivity contribution in [1.29, 1.82) is 0 Å². The summed E-state index contributed by atoms with van der Waals surface area (Å²) in [4.78, 5) is 20.1. The van der Waals surface area contributed by atoms with Crippen molar-refractivity contribution in [2.75, 3.05) is 5.32 Å². The number of halogens is 2. The van der Waals surface area contributed by atoms with Crippen LogP contribution in [0.1, 0.15) is 29.2 Å². The number of benzene rings is 2. The van der Waals surface area contributed by atoms with Crippen LogP contribution in [0.3, 0.4) is 0 Å². The molecule has 2 aromatic carbocycles. The molecule has 2 N–H and O–H groups in total. The van der Waals surface area contributed by atoms with E-state index < -0.39 is 17.6 Å². The lowest BCUT2D eigenvalue weighted by Gasteiger charge is -2.24. The molecule has 28 heavy (non-hydrogen) atoms.